The fraction of sp³-hybridized carbons (Fsp3) is 0.800. The summed E-state index contributed by atoms with van der Waals surface area (Å²) in [6.07, 6.45) is 8.44. The summed E-state index contributed by atoms with van der Waals surface area (Å²) in [6, 6.07) is 0. The van der Waals surface area contributed by atoms with Crippen LogP contribution in [0.3, 0.4) is 0 Å². The van der Waals surface area contributed by atoms with Crippen molar-refractivity contribution in [2.45, 2.75) is 71.8 Å². The molecule has 0 aromatic carbocycles. The summed E-state index contributed by atoms with van der Waals surface area (Å²) in [4.78, 5) is 11.5. The van der Waals surface area contributed by atoms with E-state index >= 15 is 0 Å². The highest BCUT2D eigenvalue weighted by molar-refractivity contribution is 5.79. The molecule has 1 aromatic rings. The first-order valence-electron chi connectivity index (χ1n) is 10.2. The van der Waals surface area contributed by atoms with Gasteiger partial charge in [0.25, 0.3) is 0 Å². The predicted octanol–water partition coefficient (Wildman–Crippen LogP) is 3.29. The van der Waals surface area contributed by atoms with Gasteiger partial charge in [-0.1, -0.05) is 33.6 Å². The first-order valence-corrected chi connectivity index (χ1v) is 10.2. The Balaban J connectivity index is 1.76. The molecule has 0 aliphatic carbocycles. The van der Waals surface area contributed by atoms with Gasteiger partial charge < -0.3 is 20.0 Å². The minimum Gasteiger partial charge on any atom is -0.443 e. The number of likely N-dealkylation sites (tertiary alicyclic amines) is 1. The van der Waals surface area contributed by atoms with Gasteiger partial charge in [-0.2, -0.15) is 0 Å². The molecule has 0 bridgehead atoms. The SMILES string of the molecule is CCNC(=NCc1ncc(C(C)(C)C)o1)NCCCN1CCCCCC1. The van der Waals surface area contributed by atoms with Crippen LogP contribution in [-0.2, 0) is 12.0 Å². The van der Waals surface area contributed by atoms with E-state index in [-0.39, 0.29) is 5.41 Å². The molecule has 0 amide bonds. The quantitative estimate of drug-likeness (QED) is 0.442. The van der Waals surface area contributed by atoms with E-state index in [0.29, 0.717) is 12.4 Å². The Kier molecular flexibility index (Phi) is 8.42. The van der Waals surface area contributed by atoms with Gasteiger partial charge in [0.1, 0.15) is 12.3 Å². The van der Waals surface area contributed by atoms with Crippen LogP contribution in [-0.4, -0.2) is 48.6 Å². The van der Waals surface area contributed by atoms with Crippen LogP contribution in [0.4, 0.5) is 0 Å². The Labute approximate surface area is 158 Å². The molecule has 0 saturated carbocycles. The molecule has 1 aliphatic rings. The molecule has 26 heavy (non-hydrogen) atoms. The molecular weight excluding hydrogens is 326 g/mol. The highest BCUT2D eigenvalue weighted by Gasteiger charge is 2.19. The zero-order valence-electron chi connectivity index (χ0n) is 17.1. The molecule has 2 rings (SSSR count). The summed E-state index contributed by atoms with van der Waals surface area (Å²) < 4.78 is 5.81. The standard InChI is InChI=1S/C20H37N5O/c1-5-21-19(22-11-10-14-25-12-8-6-7-9-13-25)24-16-18-23-15-17(26-18)20(2,3)4/h15H,5-14,16H2,1-4H3,(H2,21,22,24). The fourth-order valence-corrected chi connectivity index (χ4v) is 3.09. The van der Waals surface area contributed by atoms with Crippen molar-refractivity contribution in [1.82, 2.24) is 20.5 Å². The monoisotopic (exact) mass is 363 g/mol. The molecule has 6 heteroatoms. The number of oxazole rings is 1. The minimum absolute atomic E-state index is 0.0228. The topological polar surface area (TPSA) is 65.7 Å². The molecular formula is C20H37N5O. The van der Waals surface area contributed by atoms with Gasteiger partial charge >= 0.3 is 0 Å². The third-order valence-electron chi connectivity index (χ3n) is 4.65. The first kappa shape index (κ1) is 20.7. The van der Waals surface area contributed by atoms with Crippen molar-refractivity contribution >= 4 is 5.96 Å². The lowest BCUT2D eigenvalue weighted by Gasteiger charge is -2.20. The van der Waals surface area contributed by atoms with Crippen molar-refractivity contribution in [3.63, 3.8) is 0 Å². The molecule has 6 nitrogen and oxygen atoms in total. The number of aliphatic imine (C=N–C) groups is 1. The predicted molar refractivity (Wildman–Crippen MR) is 108 cm³/mol. The van der Waals surface area contributed by atoms with Crippen molar-refractivity contribution in [3.8, 4) is 0 Å². The second-order valence-corrected chi connectivity index (χ2v) is 8.10. The van der Waals surface area contributed by atoms with Crippen LogP contribution < -0.4 is 10.6 Å². The zero-order valence-corrected chi connectivity index (χ0v) is 17.1. The van der Waals surface area contributed by atoms with Crippen molar-refractivity contribution in [1.29, 1.82) is 0 Å². The van der Waals surface area contributed by atoms with E-state index in [1.165, 1.54) is 45.3 Å². The van der Waals surface area contributed by atoms with E-state index in [1.807, 2.05) is 6.20 Å². The van der Waals surface area contributed by atoms with Gasteiger partial charge in [0.15, 0.2) is 5.96 Å². The third-order valence-corrected chi connectivity index (χ3v) is 4.65. The van der Waals surface area contributed by atoms with Crippen molar-refractivity contribution in [2.24, 2.45) is 4.99 Å². The van der Waals surface area contributed by atoms with Gasteiger partial charge in [0.05, 0.1) is 6.20 Å². The lowest BCUT2D eigenvalue weighted by atomic mass is 9.94. The lowest BCUT2D eigenvalue weighted by molar-refractivity contribution is 0.282. The van der Waals surface area contributed by atoms with Crippen LogP contribution in [0.15, 0.2) is 15.6 Å². The molecule has 1 saturated heterocycles. The Morgan fingerprint density at radius 1 is 1.19 bits per heavy atom. The molecule has 1 fully saturated rings. The van der Waals surface area contributed by atoms with Crippen molar-refractivity contribution in [2.75, 3.05) is 32.7 Å². The Morgan fingerprint density at radius 3 is 2.54 bits per heavy atom. The van der Waals surface area contributed by atoms with Gasteiger partial charge in [0, 0.05) is 18.5 Å². The van der Waals surface area contributed by atoms with Gasteiger partial charge in [0.2, 0.25) is 5.89 Å². The van der Waals surface area contributed by atoms with E-state index in [1.54, 1.807) is 0 Å². The second kappa shape index (κ2) is 10.6. The van der Waals surface area contributed by atoms with Crippen LogP contribution in [0.1, 0.15) is 71.5 Å². The highest BCUT2D eigenvalue weighted by atomic mass is 16.4. The maximum absolute atomic E-state index is 5.81. The highest BCUT2D eigenvalue weighted by Crippen LogP contribution is 2.22. The zero-order chi connectivity index (χ0) is 18.8. The smallest absolute Gasteiger partial charge is 0.216 e. The Bertz CT molecular complexity index is 539. The molecule has 1 aromatic heterocycles. The number of nitrogens with zero attached hydrogens (tertiary/aromatic N) is 3. The summed E-state index contributed by atoms with van der Waals surface area (Å²) in [5.74, 6) is 2.40. The number of guanidine groups is 1. The minimum atomic E-state index is -0.0228. The number of rotatable bonds is 7. The Morgan fingerprint density at radius 2 is 1.92 bits per heavy atom. The summed E-state index contributed by atoms with van der Waals surface area (Å²) in [7, 11) is 0. The van der Waals surface area contributed by atoms with E-state index in [9.17, 15) is 0 Å². The summed E-state index contributed by atoms with van der Waals surface area (Å²) in [5.41, 5.74) is -0.0228. The van der Waals surface area contributed by atoms with E-state index in [2.05, 4.69) is 53.2 Å². The van der Waals surface area contributed by atoms with E-state index in [4.69, 9.17) is 4.42 Å². The van der Waals surface area contributed by atoms with Crippen molar-refractivity contribution < 1.29 is 4.42 Å². The van der Waals surface area contributed by atoms with Crippen LogP contribution in [0, 0.1) is 0 Å². The molecule has 0 atom stereocenters. The first-order chi connectivity index (χ1) is 12.5. The van der Waals surface area contributed by atoms with Gasteiger partial charge in [-0.3, -0.25) is 0 Å². The number of aromatic nitrogens is 1. The Hall–Kier alpha value is -1.56. The average Bonchev–Trinajstić information content (AvgIpc) is 2.93. The number of hydrogen-bond acceptors (Lipinski definition) is 4. The molecule has 0 unspecified atom stereocenters. The van der Waals surface area contributed by atoms with E-state index < -0.39 is 0 Å². The lowest BCUT2D eigenvalue weighted by Crippen LogP contribution is -2.39. The summed E-state index contributed by atoms with van der Waals surface area (Å²) in [6.45, 7) is 14.4. The summed E-state index contributed by atoms with van der Waals surface area (Å²) in [5, 5.41) is 6.72. The summed E-state index contributed by atoms with van der Waals surface area (Å²) >= 11 is 0. The van der Waals surface area contributed by atoms with Crippen LogP contribution in [0.5, 0.6) is 0 Å². The average molecular weight is 364 g/mol. The van der Waals surface area contributed by atoms with Crippen LogP contribution in [0.25, 0.3) is 0 Å². The van der Waals surface area contributed by atoms with Crippen LogP contribution in [0.2, 0.25) is 0 Å². The molecule has 0 radical (unpaired) electrons. The van der Waals surface area contributed by atoms with Gasteiger partial charge in [-0.05, 0) is 45.8 Å². The second-order valence-electron chi connectivity index (χ2n) is 8.10. The van der Waals surface area contributed by atoms with Gasteiger partial charge in [-0.15, -0.1) is 0 Å². The molecule has 148 valence electrons. The normalized spacial score (nSPS) is 17.2. The maximum atomic E-state index is 5.81. The van der Waals surface area contributed by atoms with Crippen LogP contribution >= 0.6 is 0 Å². The molecule has 2 N–H and O–H groups in total. The molecule has 2 heterocycles. The number of nitrogens with one attached hydrogen (secondary N) is 2. The third kappa shape index (κ3) is 7.36. The van der Waals surface area contributed by atoms with E-state index in [0.717, 1.165) is 31.2 Å². The molecule has 0 spiro atoms. The van der Waals surface area contributed by atoms with Crippen molar-refractivity contribution in [3.05, 3.63) is 17.8 Å². The largest absolute Gasteiger partial charge is 0.443 e. The van der Waals surface area contributed by atoms with Gasteiger partial charge in [-0.25, -0.2) is 9.98 Å². The molecule has 1 aliphatic heterocycles. The maximum Gasteiger partial charge on any atom is 0.216 e. The number of hydrogen-bond donors (Lipinski definition) is 2. The fourth-order valence-electron chi connectivity index (χ4n) is 3.09.